The zero-order valence-corrected chi connectivity index (χ0v) is 14.5. The van der Waals surface area contributed by atoms with Gasteiger partial charge in [0, 0.05) is 50.5 Å². The van der Waals surface area contributed by atoms with Crippen LogP contribution in [0.25, 0.3) is 5.65 Å². The van der Waals surface area contributed by atoms with Crippen LogP contribution in [0.1, 0.15) is 17.7 Å². The second-order valence-electron chi connectivity index (χ2n) is 6.38. The third kappa shape index (κ3) is 3.72. The first-order chi connectivity index (χ1) is 12.8. The molecule has 4 heterocycles. The van der Waals surface area contributed by atoms with Gasteiger partial charge in [0.2, 0.25) is 0 Å². The fourth-order valence-electron chi connectivity index (χ4n) is 3.18. The van der Waals surface area contributed by atoms with E-state index < -0.39 is 0 Å². The van der Waals surface area contributed by atoms with Crippen molar-refractivity contribution in [1.82, 2.24) is 19.6 Å². The number of carbonyl (C=O) groups is 1. The van der Waals surface area contributed by atoms with Crippen LogP contribution in [0, 0.1) is 0 Å². The summed E-state index contributed by atoms with van der Waals surface area (Å²) in [5.41, 5.74) is 2.63. The molecule has 0 amide bonds. The van der Waals surface area contributed by atoms with E-state index in [1.165, 1.54) is 0 Å². The van der Waals surface area contributed by atoms with Crippen molar-refractivity contribution in [2.75, 3.05) is 31.2 Å². The number of Topliss-reactive ketones (excluding diaryl/α,β-unsaturated/α-hetero) is 1. The molecule has 3 aromatic heterocycles. The van der Waals surface area contributed by atoms with Crippen molar-refractivity contribution in [1.29, 1.82) is 0 Å². The van der Waals surface area contributed by atoms with Gasteiger partial charge in [-0.25, -0.2) is 4.98 Å². The van der Waals surface area contributed by atoms with Gasteiger partial charge in [0.05, 0.1) is 25.1 Å². The Bertz CT molecular complexity index is 887. The number of pyridine rings is 1. The average molecular weight is 351 g/mol. The van der Waals surface area contributed by atoms with Gasteiger partial charge in [0.15, 0.2) is 5.65 Å². The van der Waals surface area contributed by atoms with E-state index in [1.54, 1.807) is 18.6 Å². The molecule has 4 rings (SSSR count). The minimum atomic E-state index is 0.179. The molecule has 0 spiro atoms. The van der Waals surface area contributed by atoms with Crippen LogP contribution in [0.5, 0.6) is 0 Å². The fourth-order valence-corrected chi connectivity index (χ4v) is 3.18. The smallest absolute Gasteiger partial charge is 0.157 e. The predicted octanol–water partition coefficient (Wildman–Crippen LogP) is 1.71. The number of ketones is 1. The predicted molar refractivity (Wildman–Crippen MR) is 97.3 cm³/mol. The summed E-state index contributed by atoms with van der Waals surface area (Å²) in [5.74, 6) is 1.15. The summed E-state index contributed by atoms with van der Waals surface area (Å²) in [6.45, 7) is 3.02. The summed E-state index contributed by atoms with van der Waals surface area (Å²) in [6.07, 6.45) is 6.81. The highest BCUT2D eigenvalue weighted by molar-refractivity contribution is 5.81. The number of aromatic nitrogens is 4. The fraction of sp³-hybridized carbons (Fsp3) is 0.368. The van der Waals surface area contributed by atoms with Crippen LogP contribution in [-0.4, -0.2) is 51.7 Å². The summed E-state index contributed by atoms with van der Waals surface area (Å²) >= 11 is 0. The van der Waals surface area contributed by atoms with Gasteiger partial charge in [-0.1, -0.05) is 6.07 Å². The van der Waals surface area contributed by atoms with E-state index in [9.17, 15) is 4.79 Å². The summed E-state index contributed by atoms with van der Waals surface area (Å²) in [4.78, 5) is 23.3. The Morgan fingerprint density at radius 2 is 2.08 bits per heavy atom. The largest absolute Gasteiger partial charge is 0.378 e. The maximum Gasteiger partial charge on any atom is 0.157 e. The lowest BCUT2D eigenvalue weighted by Gasteiger charge is -2.29. The summed E-state index contributed by atoms with van der Waals surface area (Å²) in [6, 6.07) is 7.73. The standard InChI is InChI=1S/C19H21N5O2/c25-17(4-3-15-2-1-6-20-14-15)12-16-13-19(23-8-10-26-11-9-23)24-18(22-16)5-7-21-24/h1-2,5-7,13-14H,3-4,8-12H2. The van der Waals surface area contributed by atoms with E-state index >= 15 is 0 Å². The molecular weight excluding hydrogens is 330 g/mol. The quantitative estimate of drug-likeness (QED) is 0.673. The van der Waals surface area contributed by atoms with Gasteiger partial charge < -0.3 is 9.64 Å². The molecule has 134 valence electrons. The van der Waals surface area contributed by atoms with Crippen LogP contribution < -0.4 is 4.90 Å². The van der Waals surface area contributed by atoms with E-state index in [0.29, 0.717) is 32.5 Å². The summed E-state index contributed by atoms with van der Waals surface area (Å²) in [7, 11) is 0. The Morgan fingerprint density at radius 3 is 2.88 bits per heavy atom. The van der Waals surface area contributed by atoms with Crippen LogP contribution >= 0.6 is 0 Å². The molecule has 0 aliphatic carbocycles. The van der Waals surface area contributed by atoms with E-state index in [1.807, 2.05) is 28.8 Å². The van der Waals surface area contributed by atoms with Crippen LogP contribution in [0.3, 0.4) is 0 Å². The van der Waals surface area contributed by atoms with Crippen LogP contribution in [-0.2, 0) is 22.4 Å². The second-order valence-corrected chi connectivity index (χ2v) is 6.38. The molecule has 1 aliphatic heterocycles. The molecule has 0 atom stereocenters. The van der Waals surface area contributed by atoms with Gasteiger partial charge >= 0.3 is 0 Å². The number of nitrogens with zero attached hydrogens (tertiary/aromatic N) is 5. The maximum atomic E-state index is 12.4. The van der Waals surface area contributed by atoms with Crippen molar-refractivity contribution in [2.24, 2.45) is 0 Å². The Morgan fingerprint density at radius 1 is 1.19 bits per heavy atom. The topological polar surface area (TPSA) is 72.6 Å². The average Bonchev–Trinajstić information content (AvgIpc) is 3.16. The van der Waals surface area contributed by atoms with E-state index in [2.05, 4.69) is 20.0 Å². The number of hydrogen-bond donors (Lipinski definition) is 0. The molecule has 26 heavy (non-hydrogen) atoms. The SMILES string of the molecule is O=C(CCc1cccnc1)Cc1cc(N2CCOCC2)n2nccc2n1. The number of morpholine rings is 1. The molecular formula is C19H21N5O2. The van der Waals surface area contributed by atoms with Crippen molar-refractivity contribution in [3.8, 4) is 0 Å². The van der Waals surface area contributed by atoms with Crippen molar-refractivity contribution in [3.05, 3.63) is 54.1 Å². The van der Waals surface area contributed by atoms with E-state index in [-0.39, 0.29) is 5.78 Å². The van der Waals surface area contributed by atoms with E-state index in [0.717, 1.165) is 35.8 Å². The van der Waals surface area contributed by atoms with Gasteiger partial charge in [-0.15, -0.1) is 0 Å². The number of aryl methyl sites for hydroxylation is 1. The van der Waals surface area contributed by atoms with Gasteiger partial charge in [-0.2, -0.15) is 9.61 Å². The van der Waals surface area contributed by atoms with Crippen molar-refractivity contribution in [2.45, 2.75) is 19.3 Å². The van der Waals surface area contributed by atoms with Crippen molar-refractivity contribution >= 4 is 17.2 Å². The summed E-state index contributed by atoms with van der Waals surface area (Å²) in [5, 5.41) is 4.37. The third-order valence-corrected chi connectivity index (χ3v) is 4.52. The molecule has 0 saturated carbocycles. The van der Waals surface area contributed by atoms with Crippen LogP contribution in [0.2, 0.25) is 0 Å². The molecule has 0 N–H and O–H groups in total. The number of ether oxygens (including phenoxy) is 1. The van der Waals surface area contributed by atoms with Gasteiger partial charge in [-0.3, -0.25) is 9.78 Å². The lowest BCUT2D eigenvalue weighted by atomic mass is 10.1. The Labute approximate surface area is 151 Å². The number of anilines is 1. The number of fused-ring (bicyclic) bond motifs is 1. The molecule has 0 aromatic carbocycles. The van der Waals surface area contributed by atoms with Crippen LogP contribution in [0.15, 0.2) is 42.9 Å². The monoisotopic (exact) mass is 351 g/mol. The minimum Gasteiger partial charge on any atom is -0.378 e. The first-order valence-electron chi connectivity index (χ1n) is 8.86. The normalized spacial score (nSPS) is 14.7. The maximum absolute atomic E-state index is 12.4. The highest BCUT2D eigenvalue weighted by Gasteiger charge is 2.17. The molecule has 1 aliphatic rings. The molecule has 7 nitrogen and oxygen atoms in total. The van der Waals surface area contributed by atoms with Gasteiger partial charge in [0.25, 0.3) is 0 Å². The zero-order chi connectivity index (χ0) is 17.8. The van der Waals surface area contributed by atoms with Crippen molar-refractivity contribution < 1.29 is 9.53 Å². The lowest BCUT2D eigenvalue weighted by molar-refractivity contribution is -0.118. The number of rotatable bonds is 6. The lowest BCUT2D eigenvalue weighted by Crippen LogP contribution is -2.37. The molecule has 0 radical (unpaired) electrons. The second kappa shape index (κ2) is 7.61. The van der Waals surface area contributed by atoms with Crippen LogP contribution in [0.4, 0.5) is 5.82 Å². The molecule has 0 bridgehead atoms. The molecule has 7 heteroatoms. The zero-order valence-electron chi connectivity index (χ0n) is 14.5. The first-order valence-corrected chi connectivity index (χ1v) is 8.86. The first kappa shape index (κ1) is 16.7. The van der Waals surface area contributed by atoms with Gasteiger partial charge in [-0.05, 0) is 18.1 Å². The Balaban J connectivity index is 1.50. The minimum absolute atomic E-state index is 0.179. The third-order valence-electron chi connectivity index (χ3n) is 4.52. The highest BCUT2D eigenvalue weighted by Crippen LogP contribution is 2.19. The Kier molecular flexibility index (Phi) is 4.88. The Hall–Kier alpha value is -2.80. The van der Waals surface area contributed by atoms with Crippen molar-refractivity contribution in [3.63, 3.8) is 0 Å². The molecule has 1 saturated heterocycles. The van der Waals surface area contributed by atoms with E-state index in [4.69, 9.17) is 4.74 Å². The number of carbonyl (C=O) groups excluding carboxylic acids is 1. The number of hydrogen-bond acceptors (Lipinski definition) is 6. The van der Waals surface area contributed by atoms with Gasteiger partial charge in [0.1, 0.15) is 11.6 Å². The molecule has 3 aromatic rings. The summed E-state index contributed by atoms with van der Waals surface area (Å²) < 4.78 is 7.27. The molecule has 0 unspecified atom stereocenters. The molecule has 1 fully saturated rings. The highest BCUT2D eigenvalue weighted by atomic mass is 16.5.